The molecule has 1 N–H and O–H groups in total. The summed E-state index contributed by atoms with van der Waals surface area (Å²) in [6, 6.07) is 6.45. The molecule has 0 saturated carbocycles. The lowest BCUT2D eigenvalue weighted by molar-refractivity contribution is -0.384. The Hall–Kier alpha value is -2.61. The van der Waals surface area contributed by atoms with Crippen LogP contribution < -0.4 is 5.32 Å². The molecule has 0 aliphatic rings. The number of nitrogens with one attached hydrogen (secondary N) is 1. The summed E-state index contributed by atoms with van der Waals surface area (Å²) in [5, 5.41) is 14.8. The zero-order valence-electron chi connectivity index (χ0n) is 11.6. The van der Waals surface area contributed by atoms with Gasteiger partial charge in [-0.25, -0.2) is 0 Å². The van der Waals surface area contributed by atoms with Gasteiger partial charge in [0, 0.05) is 28.9 Å². The van der Waals surface area contributed by atoms with E-state index in [1.54, 1.807) is 6.07 Å². The minimum absolute atomic E-state index is 0.0321. The number of aromatic nitrogens is 1. The van der Waals surface area contributed by atoms with E-state index in [2.05, 4.69) is 16.2 Å². The second-order valence-electron chi connectivity index (χ2n) is 5.16. The number of nitro benzene ring substituents is 1. The molecule has 2 aromatic rings. The van der Waals surface area contributed by atoms with E-state index in [1.165, 1.54) is 12.1 Å². The van der Waals surface area contributed by atoms with Gasteiger partial charge in [0.1, 0.15) is 0 Å². The Morgan fingerprint density at radius 1 is 1.40 bits per heavy atom. The van der Waals surface area contributed by atoms with Crippen molar-refractivity contribution < 1.29 is 4.92 Å². The summed E-state index contributed by atoms with van der Waals surface area (Å²) in [5.41, 5.74) is 1.75. The highest BCUT2D eigenvalue weighted by atomic mass is 16.6. The summed E-state index contributed by atoms with van der Waals surface area (Å²) >= 11 is 0. The van der Waals surface area contributed by atoms with Crippen molar-refractivity contribution in [3.8, 4) is 12.3 Å². The maximum absolute atomic E-state index is 10.9. The number of rotatable bonds is 3. The van der Waals surface area contributed by atoms with Crippen LogP contribution in [0.2, 0.25) is 0 Å². The fraction of sp³-hybridized carbons (Fsp3) is 0.267. The van der Waals surface area contributed by atoms with Gasteiger partial charge in [-0.3, -0.25) is 15.1 Å². The van der Waals surface area contributed by atoms with E-state index in [-0.39, 0.29) is 5.69 Å². The first kappa shape index (κ1) is 13.8. The smallest absolute Gasteiger partial charge is 0.270 e. The van der Waals surface area contributed by atoms with E-state index in [0.717, 1.165) is 11.4 Å². The first-order chi connectivity index (χ1) is 9.32. The van der Waals surface area contributed by atoms with Crippen molar-refractivity contribution in [1.82, 2.24) is 4.98 Å². The topological polar surface area (TPSA) is 68.1 Å². The summed E-state index contributed by atoms with van der Waals surface area (Å²) in [5.74, 6) is 2.65. The summed E-state index contributed by atoms with van der Waals surface area (Å²) < 4.78 is 0. The zero-order valence-corrected chi connectivity index (χ0v) is 11.6. The summed E-state index contributed by atoms with van der Waals surface area (Å²) in [7, 11) is 0. The molecule has 0 spiro atoms. The summed E-state index contributed by atoms with van der Waals surface area (Å²) in [6.45, 7) is 5.60. The number of pyridine rings is 1. The SMILES string of the molecule is C#CC(C)(C)Nc1cc(C)nc2ccc([N+](=O)[O-])cc12. The molecular formula is C15H15N3O2. The number of nitrogens with zero attached hydrogens (tertiary/aromatic N) is 2. The fourth-order valence-corrected chi connectivity index (χ4v) is 1.94. The molecule has 0 amide bonds. The van der Waals surface area contributed by atoms with Crippen LogP contribution in [-0.4, -0.2) is 15.4 Å². The van der Waals surface area contributed by atoms with Gasteiger partial charge in [-0.2, -0.15) is 0 Å². The number of anilines is 1. The third-order valence-electron chi connectivity index (χ3n) is 2.94. The molecule has 5 heteroatoms. The second kappa shape index (κ2) is 4.82. The minimum Gasteiger partial charge on any atom is -0.369 e. The molecule has 1 aromatic carbocycles. The molecule has 20 heavy (non-hydrogen) atoms. The molecule has 0 fully saturated rings. The maximum atomic E-state index is 10.9. The predicted octanol–water partition coefficient (Wildman–Crippen LogP) is 3.28. The molecule has 0 aliphatic carbocycles. The van der Waals surface area contributed by atoms with Crippen LogP contribution in [0.5, 0.6) is 0 Å². The normalized spacial score (nSPS) is 11.1. The fourth-order valence-electron chi connectivity index (χ4n) is 1.94. The van der Waals surface area contributed by atoms with E-state index >= 15 is 0 Å². The monoisotopic (exact) mass is 269 g/mol. The number of benzene rings is 1. The Bertz CT molecular complexity index is 730. The number of terminal acetylenes is 1. The quantitative estimate of drug-likeness (QED) is 0.527. The van der Waals surface area contributed by atoms with Crippen LogP contribution in [-0.2, 0) is 0 Å². The van der Waals surface area contributed by atoms with Gasteiger partial charge in [0.15, 0.2) is 0 Å². The van der Waals surface area contributed by atoms with Crippen molar-refractivity contribution in [2.45, 2.75) is 26.3 Å². The Balaban J connectivity index is 2.65. The highest BCUT2D eigenvalue weighted by Gasteiger charge is 2.17. The Labute approximate surface area is 117 Å². The van der Waals surface area contributed by atoms with Crippen molar-refractivity contribution in [3.05, 3.63) is 40.1 Å². The number of hydrogen-bond acceptors (Lipinski definition) is 4. The van der Waals surface area contributed by atoms with Gasteiger partial charge in [0.05, 0.1) is 16.0 Å². The van der Waals surface area contributed by atoms with Crippen molar-refractivity contribution >= 4 is 22.3 Å². The number of aryl methyl sites for hydroxylation is 1. The molecule has 5 nitrogen and oxygen atoms in total. The van der Waals surface area contributed by atoms with Crippen molar-refractivity contribution in [3.63, 3.8) is 0 Å². The maximum Gasteiger partial charge on any atom is 0.270 e. The Morgan fingerprint density at radius 3 is 2.70 bits per heavy atom. The second-order valence-corrected chi connectivity index (χ2v) is 5.16. The van der Waals surface area contributed by atoms with Crippen LogP contribution in [0.4, 0.5) is 11.4 Å². The summed E-state index contributed by atoms with van der Waals surface area (Å²) in [6.07, 6.45) is 5.48. The van der Waals surface area contributed by atoms with Gasteiger partial charge in [0.2, 0.25) is 0 Å². The lowest BCUT2D eigenvalue weighted by atomic mass is 10.0. The molecule has 1 aromatic heterocycles. The zero-order chi connectivity index (χ0) is 14.9. The van der Waals surface area contributed by atoms with Gasteiger partial charge in [-0.15, -0.1) is 6.42 Å². The van der Waals surface area contributed by atoms with Crippen LogP contribution in [0.25, 0.3) is 10.9 Å². The molecular weight excluding hydrogens is 254 g/mol. The molecule has 102 valence electrons. The van der Waals surface area contributed by atoms with Crippen molar-refractivity contribution in [2.24, 2.45) is 0 Å². The lowest BCUT2D eigenvalue weighted by Gasteiger charge is -2.22. The standard InChI is InChI=1S/C15H15N3O2/c1-5-15(3,4)17-14-8-10(2)16-13-7-6-11(18(19)20)9-12(13)14/h1,6-9H,2-4H3,(H,16,17). The minimum atomic E-state index is -0.550. The Kier molecular flexibility index (Phi) is 3.33. The first-order valence-corrected chi connectivity index (χ1v) is 6.14. The first-order valence-electron chi connectivity index (χ1n) is 6.14. The lowest BCUT2D eigenvalue weighted by Crippen LogP contribution is -2.28. The molecule has 0 radical (unpaired) electrons. The van der Waals surface area contributed by atoms with E-state index in [1.807, 2.05) is 26.8 Å². The number of non-ortho nitro benzene ring substituents is 1. The number of hydrogen-bond donors (Lipinski definition) is 1. The highest BCUT2D eigenvalue weighted by Crippen LogP contribution is 2.29. The van der Waals surface area contributed by atoms with Crippen LogP contribution >= 0.6 is 0 Å². The van der Waals surface area contributed by atoms with Gasteiger partial charge in [-0.1, -0.05) is 5.92 Å². The highest BCUT2D eigenvalue weighted by molar-refractivity contribution is 5.93. The van der Waals surface area contributed by atoms with Crippen LogP contribution in [0.1, 0.15) is 19.5 Å². The van der Waals surface area contributed by atoms with Crippen LogP contribution in [0, 0.1) is 29.4 Å². The van der Waals surface area contributed by atoms with Gasteiger partial charge < -0.3 is 5.32 Å². The Morgan fingerprint density at radius 2 is 2.10 bits per heavy atom. The third kappa shape index (κ3) is 2.69. The average Bonchev–Trinajstić information content (AvgIpc) is 2.37. The predicted molar refractivity (Wildman–Crippen MR) is 79.7 cm³/mol. The van der Waals surface area contributed by atoms with Crippen molar-refractivity contribution in [1.29, 1.82) is 0 Å². The van der Waals surface area contributed by atoms with Gasteiger partial charge >= 0.3 is 0 Å². The molecule has 0 unspecified atom stereocenters. The third-order valence-corrected chi connectivity index (χ3v) is 2.94. The molecule has 1 heterocycles. The molecule has 0 bridgehead atoms. The van der Waals surface area contributed by atoms with Crippen LogP contribution in [0.3, 0.4) is 0 Å². The molecule has 2 rings (SSSR count). The van der Waals surface area contributed by atoms with Crippen LogP contribution in [0.15, 0.2) is 24.3 Å². The van der Waals surface area contributed by atoms with Gasteiger partial charge in [-0.05, 0) is 32.9 Å². The molecule has 0 atom stereocenters. The molecule has 0 saturated heterocycles. The summed E-state index contributed by atoms with van der Waals surface area (Å²) in [4.78, 5) is 14.9. The van der Waals surface area contributed by atoms with E-state index < -0.39 is 10.5 Å². The largest absolute Gasteiger partial charge is 0.369 e. The molecule has 0 aliphatic heterocycles. The van der Waals surface area contributed by atoms with Gasteiger partial charge in [0.25, 0.3) is 5.69 Å². The van der Waals surface area contributed by atoms with E-state index in [9.17, 15) is 10.1 Å². The van der Waals surface area contributed by atoms with Crippen molar-refractivity contribution in [2.75, 3.05) is 5.32 Å². The van der Waals surface area contributed by atoms with E-state index in [0.29, 0.717) is 10.9 Å². The van der Waals surface area contributed by atoms with E-state index in [4.69, 9.17) is 6.42 Å². The average molecular weight is 269 g/mol. The number of fused-ring (bicyclic) bond motifs is 1. The number of nitro groups is 1.